The van der Waals surface area contributed by atoms with Gasteiger partial charge in [0.25, 0.3) is 0 Å². The number of likely N-dealkylation sites (tertiary alicyclic amines) is 1. The first-order valence-corrected chi connectivity index (χ1v) is 7.39. The summed E-state index contributed by atoms with van der Waals surface area (Å²) in [7, 11) is 1.23. The second-order valence-corrected chi connectivity index (χ2v) is 6.72. The molecule has 1 aliphatic heterocycles. The number of halogens is 4. The molecule has 9 heteroatoms. The van der Waals surface area contributed by atoms with E-state index in [2.05, 4.69) is 0 Å². The predicted molar refractivity (Wildman–Crippen MR) is 55.0 cm³/mol. The Bertz CT molecular complexity index is 395. The van der Waals surface area contributed by atoms with Crippen LogP contribution in [-0.4, -0.2) is 43.7 Å². The van der Waals surface area contributed by atoms with Gasteiger partial charge in [0.15, 0.2) is 0 Å². The van der Waals surface area contributed by atoms with Crippen LogP contribution in [0.25, 0.3) is 0 Å². The smallest absolute Gasteiger partial charge is 0.332 e. The van der Waals surface area contributed by atoms with Gasteiger partial charge in [-0.2, -0.15) is 13.2 Å². The van der Waals surface area contributed by atoms with Crippen molar-refractivity contribution in [3.63, 3.8) is 0 Å². The summed E-state index contributed by atoms with van der Waals surface area (Å²) in [5.41, 5.74) is 0. The fraction of sp³-hybridized carbons (Fsp3) is 0.875. The van der Waals surface area contributed by atoms with Gasteiger partial charge in [-0.1, -0.05) is 0 Å². The van der Waals surface area contributed by atoms with E-state index in [1.165, 1.54) is 0 Å². The monoisotopic (exact) mass is 293 g/mol. The highest BCUT2D eigenvalue weighted by Gasteiger charge is 2.45. The molecule has 1 saturated heterocycles. The van der Waals surface area contributed by atoms with Crippen LogP contribution in [0.2, 0.25) is 0 Å². The fourth-order valence-electron chi connectivity index (χ4n) is 1.84. The molecule has 1 fully saturated rings. The molecule has 1 aliphatic rings. The quantitative estimate of drug-likeness (QED) is 0.741. The van der Waals surface area contributed by atoms with Gasteiger partial charge in [-0.3, -0.25) is 4.79 Å². The van der Waals surface area contributed by atoms with Crippen LogP contribution in [0.5, 0.6) is 0 Å². The molecule has 0 spiro atoms. The molecule has 0 N–H and O–H groups in total. The Labute approximate surface area is 101 Å². The SMILES string of the molecule is O=C(N1CCCC1CCS(=O)(=O)Cl)C(F)(F)F. The Kier molecular flexibility index (Phi) is 4.29. The van der Waals surface area contributed by atoms with E-state index in [0.717, 1.165) is 0 Å². The Morgan fingerprint density at radius 1 is 1.41 bits per heavy atom. The van der Waals surface area contributed by atoms with E-state index in [0.29, 0.717) is 17.7 Å². The number of hydrogen-bond donors (Lipinski definition) is 0. The summed E-state index contributed by atoms with van der Waals surface area (Å²) in [6, 6.07) is -0.697. The van der Waals surface area contributed by atoms with Crippen molar-refractivity contribution < 1.29 is 26.4 Å². The Morgan fingerprint density at radius 3 is 2.47 bits per heavy atom. The summed E-state index contributed by atoms with van der Waals surface area (Å²) in [4.78, 5) is 11.7. The first-order chi connectivity index (χ1) is 7.61. The van der Waals surface area contributed by atoms with Gasteiger partial charge in [-0.15, -0.1) is 0 Å². The third kappa shape index (κ3) is 4.34. The largest absolute Gasteiger partial charge is 0.471 e. The maximum Gasteiger partial charge on any atom is 0.471 e. The molecular weight excluding hydrogens is 283 g/mol. The Balaban J connectivity index is 2.64. The fourth-order valence-corrected chi connectivity index (χ4v) is 2.66. The van der Waals surface area contributed by atoms with Crippen molar-refractivity contribution in [3.8, 4) is 0 Å². The first kappa shape index (κ1) is 14.6. The topological polar surface area (TPSA) is 54.5 Å². The zero-order valence-electron chi connectivity index (χ0n) is 8.70. The molecule has 1 amide bonds. The zero-order valence-corrected chi connectivity index (χ0v) is 10.3. The number of rotatable bonds is 3. The van der Waals surface area contributed by atoms with Crippen molar-refractivity contribution in [2.75, 3.05) is 12.3 Å². The van der Waals surface area contributed by atoms with Gasteiger partial charge in [-0.25, -0.2) is 8.42 Å². The molecule has 0 bridgehead atoms. The second-order valence-electron chi connectivity index (χ2n) is 3.82. The number of carbonyl (C=O) groups excluding carboxylic acids is 1. The van der Waals surface area contributed by atoms with Gasteiger partial charge in [0.1, 0.15) is 0 Å². The lowest BCUT2D eigenvalue weighted by atomic mass is 10.2. The van der Waals surface area contributed by atoms with Crippen LogP contribution in [0.15, 0.2) is 0 Å². The summed E-state index contributed by atoms with van der Waals surface area (Å²) in [6.07, 6.45) is -4.17. The van der Waals surface area contributed by atoms with E-state index in [9.17, 15) is 26.4 Å². The van der Waals surface area contributed by atoms with Crippen molar-refractivity contribution >= 4 is 25.6 Å². The predicted octanol–water partition coefficient (Wildman–Crippen LogP) is 1.50. The van der Waals surface area contributed by atoms with Crippen LogP contribution in [-0.2, 0) is 13.8 Å². The van der Waals surface area contributed by atoms with Gasteiger partial charge in [-0.05, 0) is 19.3 Å². The summed E-state index contributed by atoms with van der Waals surface area (Å²) in [6.45, 7) is 0.00530. The lowest BCUT2D eigenvalue weighted by Crippen LogP contribution is -2.44. The average Bonchev–Trinajstić information content (AvgIpc) is 2.58. The zero-order chi connectivity index (χ0) is 13.3. The van der Waals surface area contributed by atoms with E-state index in [-0.39, 0.29) is 13.0 Å². The maximum atomic E-state index is 12.2. The number of alkyl halides is 3. The standard InChI is InChI=1S/C8H11ClF3NO3S/c9-17(15,16)5-3-6-2-1-4-13(6)7(14)8(10,11)12/h6H,1-5H2. The lowest BCUT2D eigenvalue weighted by molar-refractivity contribution is -0.186. The minimum absolute atomic E-state index is 0.00530. The molecule has 1 rings (SSSR count). The van der Waals surface area contributed by atoms with Crippen LogP contribution in [0.1, 0.15) is 19.3 Å². The van der Waals surface area contributed by atoms with E-state index >= 15 is 0 Å². The van der Waals surface area contributed by atoms with E-state index in [4.69, 9.17) is 10.7 Å². The molecule has 4 nitrogen and oxygen atoms in total. The molecule has 0 saturated carbocycles. The Hall–Kier alpha value is -0.500. The third-order valence-corrected chi connectivity index (χ3v) is 3.76. The molecule has 0 aromatic carbocycles. The van der Waals surface area contributed by atoms with Crippen molar-refractivity contribution in [2.45, 2.75) is 31.5 Å². The first-order valence-electron chi connectivity index (χ1n) is 4.91. The minimum Gasteiger partial charge on any atom is -0.332 e. The second kappa shape index (κ2) is 5.01. The third-order valence-electron chi connectivity index (χ3n) is 2.58. The van der Waals surface area contributed by atoms with E-state index in [1.54, 1.807) is 0 Å². The average molecular weight is 294 g/mol. The van der Waals surface area contributed by atoms with Gasteiger partial charge in [0.2, 0.25) is 9.05 Å². The van der Waals surface area contributed by atoms with Crippen LogP contribution in [0, 0.1) is 0 Å². The molecule has 0 aromatic heterocycles. The van der Waals surface area contributed by atoms with Crippen LogP contribution < -0.4 is 0 Å². The molecule has 1 unspecified atom stereocenters. The minimum atomic E-state index is -4.91. The summed E-state index contributed by atoms with van der Waals surface area (Å²) >= 11 is 0. The molecule has 100 valence electrons. The van der Waals surface area contributed by atoms with Gasteiger partial charge in [0, 0.05) is 23.3 Å². The van der Waals surface area contributed by atoms with E-state index < -0.39 is 32.9 Å². The summed E-state index contributed by atoms with van der Waals surface area (Å²) in [5.74, 6) is -2.34. The summed E-state index contributed by atoms with van der Waals surface area (Å²) < 4.78 is 58.0. The van der Waals surface area contributed by atoms with Gasteiger partial charge >= 0.3 is 12.1 Å². The molecule has 0 radical (unpaired) electrons. The van der Waals surface area contributed by atoms with Crippen LogP contribution >= 0.6 is 10.7 Å². The molecule has 17 heavy (non-hydrogen) atoms. The van der Waals surface area contributed by atoms with Gasteiger partial charge in [0.05, 0.1) is 5.75 Å². The normalized spacial score (nSPS) is 21.9. The molecule has 0 aromatic rings. The van der Waals surface area contributed by atoms with Crippen LogP contribution in [0.3, 0.4) is 0 Å². The van der Waals surface area contributed by atoms with E-state index in [1.807, 2.05) is 0 Å². The van der Waals surface area contributed by atoms with Crippen molar-refractivity contribution in [2.24, 2.45) is 0 Å². The number of nitrogens with zero attached hydrogens (tertiary/aromatic N) is 1. The highest BCUT2D eigenvalue weighted by atomic mass is 35.7. The van der Waals surface area contributed by atoms with Crippen molar-refractivity contribution in [1.82, 2.24) is 4.90 Å². The number of hydrogen-bond acceptors (Lipinski definition) is 3. The van der Waals surface area contributed by atoms with Crippen LogP contribution in [0.4, 0.5) is 13.2 Å². The van der Waals surface area contributed by atoms with Gasteiger partial charge < -0.3 is 4.90 Å². The van der Waals surface area contributed by atoms with Crippen molar-refractivity contribution in [3.05, 3.63) is 0 Å². The molecule has 1 heterocycles. The molecule has 1 atom stereocenters. The highest BCUT2D eigenvalue weighted by molar-refractivity contribution is 8.13. The molecule has 0 aliphatic carbocycles. The highest BCUT2D eigenvalue weighted by Crippen LogP contribution is 2.27. The number of carbonyl (C=O) groups is 1. The maximum absolute atomic E-state index is 12.2. The molecular formula is C8H11ClF3NO3S. The lowest BCUT2D eigenvalue weighted by Gasteiger charge is -2.25. The number of amides is 1. The van der Waals surface area contributed by atoms with Crippen molar-refractivity contribution in [1.29, 1.82) is 0 Å². The Morgan fingerprint density at radius 2 is 2.00 bits per heavy atom. The summed E-state index contributed by atoms with van der Waals surface area (Å²) in [5, 5.41) is 0.